The van der Waals surface area contributed by atoms with Crippen molar-refractivity contribution >= 4 is 23.8 Å². The maximum Gasteiger partial charge on any atom is 0.373 e. The Morgan fingerprint density at radius 1 is 1.33 bits per heavy atom. The van der Waals surface area contributed by atoms with E-state index in [9.17, 15) is 4.79 Å². The molecule has 0 radical (unpaired) electrons. The zero-order valence-electron chi connectivity index (χ0n) is 12.8. The van der Waals surface area contributed by atoms with Crippen LogP contribution in [0.1, 0.15) is 36.2 Å². The predicted molar refractivity (Wildman–Crippen MR) is 85.3 cm³/mol. The largest absolute Gasteiger partial charge is 0.373 e. The Hall–Kier alpha value is -1.58. The van der Waals surface area contributed by atoms with E-state index in [4.69, 9.17) is 9.59 Å². The fraction of sp³-hybridized carbons (Fsp3) is 0.500. The second-order valence-electron chi connectivity index (χ2n) is 4.98. The molecule has 5 heteroatoms. The van der Waals surface area contributed by atoms with Crippen molar-refractivity contribution < 1.29 is 14.4 Å². The van der Waals surface area contributed by atoms with Gasteiger partial charge in [-0.1, -0.05) is 26.0 Å². The van der Waals surface area contributed by atoms with Gasteiger partial charge in [-0.2, -0.15) is 21.4 Å². The first kappa shape index (κ1) is 19.4. The van der Waals surface area contributed by atoms with E-state index in [0.29, 0.717) is 5.92 Å². The van der Waals surface area contributed by atoms with Gasteiger partial charge in [0.1, 0.15) is 0 Å². The Morgan fingerprint density at radius 2 is 2.00 bits per heavy atom. The summed E-state index contributed by atoms with van der Waals surface area (Å²) in [4.78, 5) is 28.2. The van der Waals surface area contributed by atoms with Gasteiger partial charge in [-0.05, 0) is 48.5 Å². The summed E-state index contributed by atoms with van der Waals surface area (Å²) in [6.07, 6.45) is 4.38. The summed E-state index contributed by atoms with van der Waals surface area (Å²) in [5, 5.41) is 2.96. The van der Waals surface area contributed by atoms with Gasteiger partial charge in [0.15, 0.2) is 0 Å². The minimum Gasteiger partial charge on any atom is -0.352 e. The van der Waals surface area contributed by atoms with Crippen LogP contribution in [-0.2, 0) is 16.0 Å². The third-order valence-corrected chi connectivity index (χ3v) is 3.34. The van der Waals surface area contributed by atoms with Gasteiger partial charge in [0.25, 0.3) is 5.91 Å². The number of carbonyl (C=O) groups excluding carboxylic acids is 3. The molecule has 0 unspecified atom stereocenters. The zero-order valence-corrected chi connectivity index (χ0v) is 13.7. The van der Waals surface area contributed by atoms with Crippen molar-refractivity contribution in [1.82, 2.24) is 5.32 Å². The van der Waals surface area contributed by atoms with E-state index in [1.807, 2.05) is 30.0 Å². The molecule has 0 aliphatic rings. The Labute approximate surface area is 130 Å². The summed E-state index contributed by atoms with van der Waals surface area (Å²) < 4.78 is 0. The number of benzene rings is 1. The molecule has 21 heavy (non-hydrogen) atoms. The molecule has 0 aliphatic carbocycles. The molecular weight excluding hydrogens is 286 g/mol. The van der Waals surface area contributed by atoms with Crippen molar-refractivity contribution in [2.75, 3.05) is 18.6 Å². The van der Waals surface area contributed by atoms with Crippen LogP contribution in [0, 0.1) is 5.92 Å². The highest BCUT2D eigenvalue weighted by Crippen LogP contribution is 2.10. The third-order valence-electron chi connectivity index (χ3n) is 2.64. The summed E-state index contributed by atoms with van der Waals surface area (Å²) in [5.74, 6) is 1.75. The van der Waals surface area contributed by atoms with Crippen LogP contribution >= 0.6 is 11.8 Å². The maximum absolute atomic E-state index is 11.9. The molecule has 0 fully saturated rings. The van der Waals surface area contributed by atoms with Crippen molar-refractivity contribution in [3.63, 3.8) is 0 Å². The molecular formula is C16H23NO3S. The molecule has 4 nitrogen and oxygen atoms in total. The van der Waals surface area contributed by atoms with Crippen LogP contribution in [0.5, 0.6) is 0 Å². The van der Waals surface area contributed by atoms with E-state index in [-0.39, 0.29) is 12.1 Å². The van der Waals surface area contributed by atoms with Gasteiger partial charge < -0.3 is 5.32 Å². The summed E-state index contributed by atoms with van der Waals surface area (Å²) in [6.45, 7) is 5.14. The molecule has 0 spiro atoms. The van der Waals surface area contributed by atoms with Crippen molar-refractivity contribution in [2.24, 2.45) is 5.92 Å². The van der Waals surface area contributed by atoms with Gasteiger partial charge >= 0.3 is 6.15 Å². The predicted octanol–water partition coefficient (Wildman–Crippen LogP) is 2.78. The number of nitrogens with one attached hydrogen (secondary N) is 1. The monoisotopic (exact) mass is 309 g/mol. The Balaban J connectivity index is 0.00000122. The summed E-state index contributed by atoms with van der Waals surface area (Å²) in [7, 11) is 0. The van der Waals surface area contributed by atoms with Crippen LogP contribution < -0.4 is 5.32 Å². The Morgan fingerprint density at radius 3 is 2.57 bits per heavy atom. The normalized spacial score (nSPS) is 9.52. The Kier molecular flexibility index (Phi) is 11.3. The molecule has 1 amide bonds. The highest BCUT2D eigenvalue weighted by Gasteiger charge is 2.06. The second-order valence-corrected chi connectivity index (χ2v) is 5.97. The lowest BCUT2D eigenvalue weighted by atomic mass is 10.0. The minimum absolute atomic E-state index is 0.0432. The van der Waals surface area contributed by atoms with Gasteiger partial charge in [0, 0.05) is 12.1 Å². The summed E-state index contributed by atoms with van der Waals surface area (Å²) in [5.41, 5.74) is 2.01. The molecule has 0 aliphatic heterocycles. The van der Waals surface area contributed by atoms with Crippen molar-refractivity contribution in [3.05, 3.63) is 35.4 Å². The lowest BCUT2D eigenvalue weighted by Gasteiger charge is -2.08. The number of hydrogen-bond acceptors (Lipinski definition) is 4. The first-order valence-electron chi connectivity index (χ1n) is 6.90. The van der Waals surface area contributed by atoms with Gasteiger partial charge in [-0.3, -0.25) is 4.79 Å². The lowest BCUT2D eigenvalue weighted by molar-refractivity contribution is -0.191. The van der Waals surface area contributed by atoms with E-state index in [0.717, 1.165) is 30.7 Å². The van der Waals surface area contributed by atoms with Crippen molar-refractivity contribution in [1.29, 1.82) is 0 Å². The SMILES string of the molecule is CSCCCNC(=O)c1cccc(CC(C)C)c1.O=C=O. The molecule has 0 heterocycles. The second kappa shape index (κ2) is 12.2. The summed E-state index contributed by atoms with van der Waals surface area (Å²) >= 11 is 1.81. The molecule has 1 rings (SSSR count). The fourth-order valence-electron chi connectivity index (χ4n) is 1.83. The third kappa shape index (κ3) is 9.88. The summed E-state index contributed by atoms with van der Waals surface area (Å²) in [6, 6.07) is 7.94. The van der Waals surface area contributed by atoms with Crippen molar-refractivity contribution in [2.45, 2.75) is 26.7 Å². The molecule has 1 aromatic rings. The zero-order chi connectivity index (χ0) is 16.1. The van der Waals surface area contributed by atoms with Crippen LogP contribution in [0.25, 0.3) is 0 Å². The number of rotatable bonds is 7. The van der Waals surface area contributed by atoms with E-state index in [2.05, 4.69) is 31.5 Å². The van der Waals surface area contributed by atoms with Gasteiger partial charge in [-0.25, -0.2) is 0 Å². The molecule has 0 saturated carbocycles. The smallest absolute Gasteiger partial charge is 0.352 e. The van der Waals surface area contributed by atoms with Gasteiger partial charge in [0.05, 0.1) is 0 Å². The molecule has 0 saturated heterocycles. The highest BCUT2D eigenvalue weighted by atomic mass is 32.2. The van der Waals surface area contributed by atoms with Crippen molar-refractivity contribution in [3.8, 4) is 0 Å². The van der Waals surface area contributed by atoms with E-state index in [1.54, 1.807) is 0 Å². The highest BCUT2D eigenvalue weighted by molar-refractivity contribution is 7.98. The molecule has 0 atom stereocenters. The Bertz CT molecular complexity index is 455. The number of thioether (sulfide) groups is 1. The quantitative estimate of drug-likeness (QED) is 0.787. The fourth-order valence-corrected chi connectivity index (χ4v) is 2.26. The topological polar surface area (TPSA) is 63.2 Å². The van der Waals surface area contributed by atoms with Crippen LogP contribution in [0.4, 0.5) is 0 Å². The van der Waals surface area contributed by atoms with E-state index in [1.165, 1.54) is 5.56 Å². The lowest BCUT2D eigenvalue weighted by Crippen LogP contribution is -2.24. The van der Waals surface area contributed by atoms with Gasteiger partial charge in [-0.15, -0.1) is 0 Å². The number of hydrogen-bond donors (Lipinski definition) is 1. The van der Waals surface area contributed by atoms with Crippen LogP contribution in [0.2, 0.25) is 0 Å². The standard InChI is InChI=1S/C15H23NOS.CO2/c1-12(2)10-13-6-4-7-14(11-13)15(17)16-8-5-9-18-3;2-1-3/h4,6-7,11-12H,5,8-10H2,1-3H3,(H,16,17);. The van der Waals surface area contributed by atoms with E-state index < -0.39 is 0 Å². The average Bonchev–Trinajstić information content (AvgIpc) is 2.44. The van der Waals surface area contributed by atoms with Gasteiger partial charge in [0.2, 0.25) is 0 Å². The van der Waals surface area contributed by atoms with Crippen LogP contribution in [0.3, 0.4) is 0 Å². The number of amides is 1. The van der Waals surface area contributed by atoms with E-state index >= 15 is 0 Å². The maximum atomic E-state index is 11.9. The molecule has 1 aromatic carbocycles. The minimum atomic E-state index is 0.0432. The molecule has 0 bridgehead atoms. The first-order valence-corrected chi connectivity index (χ1v) is 8.29. The van der Waals surface area contributed by atoms with Crippen LogP contribution in [0.15, 0.2) is 24.3 Å². The average molecular weight is 309 g/mol. The molecule has 0 aromatic heterocycles. The number of carbonyl (C=O) groups is 1. The first-order chi connectivity index (χ1) is 10.0. The van der Waals surface area contributed by atoms with Crippen LogP contribution in [-0.4, -0.2) is 30.6 Å². The molecule has 1 N–H and O–H groups in total. The molecule has 116 valence electrons.